The number of carbonyl (C=O) groups is 1. The highest BCUT2D eigenvalue weighted by atomic mass is 16.6. The zero-order chi connectivity index (χ0) is 13.1. The largest absolute Gasteiger partial charge is 0.458 e. The zero-order valence-corrected chi connectivity index (χ0v) is 11.2. The van der Waals surface area contributed by atoms with Crippen LogP contribution in [0.4, 0.5) is 0 Å². The van der Waals surface area contributed by atoms with Crippen LogP contribution >= 0.6 is 0 Å². The van der Waals surface area contributed by atoms with Crippen molar-refractivity contribution < 1.29 is 14.6 Å². The molecular formula is C15H22O3. The molecule has 0 aromatic carbocycles. The standard InChI is InChI=1S/C15H22O3/c1-8-6-12-10(9(2)14(17)18-12)7-15(3)11(8)4-5-13(15)16/h8,10-13,16H,2,4-7H2,1,3H3/t8-,10-,11+,12-,13-,15+/m1/s1. The molecule has 0 aromatic heterocycles. The molecule has 0 aromatic rings. The predicted octanol–water partition coefficient (Wildman–Crippen LogP) is 2.29. The Morgan fingerprint density at radius 2 is 2.17 bits per heavy atom. The summed E-state index contributed by atoms with van der Waals surface area (Å²) in [4.78, 5) is 11.7. The fourth-order valence-corrected chi connectivity index (χ4v) is 4.61. The lowest BCUT2D eigenvalue weighted by Gasteiger charge is -2.36. The number of ether oxygens (including phenoxy) is 1. The summed E-state index contributed by atoms with van der Waals surface area (Å²) in [6, 6.07) is 0. The molecule has 100 valence electrons. The highest BCUT2D eigenvalue weighted by Gasteiger charge is 2.55. The fourth-order valence-electron chi connectivity index (χ4n) is 4.61. The Kier molecular flexibility index (Phi) is 2.60. The maximum absolute atomic E-state index is 11.7. The minimum atomic E-state index is -0.243. The van der Waals surface area contributed by atoms with Crippen LogP contribution in [-0.4, -0.2) is 23.3 Å². The Hall–Kier alpha value is -0.830. The van der Waals surface area contributed by atoms with Crippen molar-refractivity contribution in [3.05, 3.63) is 12.2 Å². The number of hydrogen-bond acceptors (Lipinski definition) is 3. The topological polar surface area (TPSA) is 46.5 Å². The van der Waals surface area contributed by atoms with Gasteiger partial charge in [-0.15, -0.1) is 0 Å². The second-order valence-corrected chi connectivity index (χ2v) is 6.70. The van der Waals surface area contributed by atoms with Gasteiger partial charge in [0.25, 0.3) is 0 Å². The number of esters is 1. The summed E-state index contributed by atoms with van der Waals surface area (Å²) >= 11 is 0. The first-order valence-electron chi connectivity index (χ1n) is 7.01. The van der Waals surface area contributed by atoms with Crippen LogP contribution in [0, 0.1) is 23.2 Å². The third kappa shape index (κ3) is 1.49. The van der Waals surface area contributed by atoms with Crippen LogP contribution < -0.4 is 0 Å². The Labute approximate surface area is 108 Å². The van der Waals surface area contributed by atoms with Crippen molar-refractivity contribution in [1.82, 2.24) is 0 Å². The summed E-state index contributed by atoms with van der Waals surface area (Å²) < 4.78 is 5.45. The maximum atomic E-state index is 11.7. The first kappa shape index (κ1) is 12.2. The molecular weight excluding hydrogens is 228 g/mol. The Morgan fingerprint density at radius 3 is 2.89 bits per heavy atom. The molecule has 2 aliphatic carbocycles. The lowest BCUT2D eigenvalue weighted by molar-refractivity contribution is -0.139. The molecule has 3 fully saturated rings. The van der Waals surface area contributed by atoms with Crippen molar-refractivity contribution in [2.24, 2.45) is 23.2 Å². The Balaban J connectivity index is 1.96. The minimum absolute atomic E-state index is 0.00498. The van der Waals surface area contributed by atoms with Crippen LogP contribution in [0.5, 0.6) is 0 Å². The third-order valence-electron chi connectivity index (χ3n) is 5.73. The van der Waals surface area contributed by atoms with Crippen LogP contribution in [0.15, 0.2) is 12.2 Å². The van der Waals surface area contributed by atoms with Gasteiger partial charge in [0.15, 0.2) is 0 Å². The number of hydrogen-bond donors (Lipinski definition) is 1. The van der Waals surface area contributed by atoms with Gasteiger partial charge in [-0.1, -0.05) is 20.4 Å². The van der Waals surface area contributed by atoms with Crippen molar-refractivity contribution in [1.29, 1.82) is 0 Å². The first-order chi connectivity index (χ1) is 8.43. The first-order valence-corrected chi connectivity index (χ1v) is 7.01. The van der Waals surface area contributed by atoms with Gasteiger partial charge in [-0.25, -0.2) is 4.79 Å². The molecule has 1 N–H and O–H groups in total. The molecule has 3 rings (SSSR count). The van der Waals surface area contributed by atoms with Crippen LogP contribution in [0.2, 0.25) is 0 Å². The third-order valence-corrected chi connectivity index (χ3v) is 5.73. The number of carbonyl (C=O) groups excluding carboxylic acids is 1. The molecule has 3 aliphatic rings. The van der Waals surface area contributed by atoms with Crippen molar-refractivity contribution in [2.75, 3.05) is 0 Å². The summed E-state index contributed by atoms with van der Waals surface area (Å²) in [7, 11) is 0. The SMILES string of the molecule is C=C1C(=O)O[C@@H]2C[C@@H](C)[C@@H]3CC[C@@H](O)[C@@]3(C)C[C@H]12. The molecule has 3 nitrogen and oxygen atoms in total. The van der Waals surface area contributed by atoms with E-state index >= 15 is 0 Å². The van der Waals surface area contributed by atoms with E-state index in [0.717, 1.165) is 25.7 Å². The Bertz CT molecular complexity index is 403. The van der Waals surface area contributed by atoms with E-state index in [1.165, 1.54) is 0 Å². The average molecular weight is 250 g/mol. The molecule has 0 radical (unpaired) electrons. The van der Waals surface area contributed by atoms with Gasteiger partial charge >= 0.3 is 5.97 Å². The second kappa shape index (κ2) is 3.83. The summed E-state index contributed by atoms with van der Waals surface area (Å²) in [5.41, 5.74) is 0.545. The van der Waals surface area contributed by atoms with Crippen molar-refractivity contribution in [3.8, 4) is 0 Å². The van der Waals surface area contributed by atoms with Crippen LogP contribution in [0.3, 0.4) is 0 Å². The molecule has 1 heterocycles. The molecule has 0 amide bonds. The number of fused-ring (bicyclic) bond motifs is 2. The highest BCUT2D eigenvalue weighted by Crippen LogP contribution is 2.56. The van der Waals surface area contributed by atoms with Crippen molar-refractivity contribution in [3.63, 3.8) is 0 Å². The van der Waals surface area contributed by atoms with E-state index in [-0.39, 0.29) is 29.5 Å². The van der Waals surface area contributed by atoms with Crippen LogP contribution in [-0.2, 0) is 9.53 Å². The summed E-state index contributed by atoms with van der Waals surface area (Å²) in [5.74, 6) is 0.930. The quantitative estimate of drug-likeness (QED) is 0.530. The molecule has 2 saturated carbocycles. The molecule has 1 saturated heterocycles. The Morgan fingerprint density at radius 1 is 1.44 bits per heavy atom. The lowest BCUT2D eigenvalue weighted by atomic mass is 9.69. The molecule has 1 aliphatic heterocycles. The monoisotopic (exact) mass is 250 g/mol. The average Bonchev–Trinajstić information content (AvgIpc) is 2.69. The van der Waals surface area contributed by atoms with E-state index in [2.05, 4.69) is 20.4 Å². The van der Waals surface area contributed by atoms with Gasteiger partial charge in [0.05, 0.1) is 6.10 Å². The lowest BCUT2D eigenvalue weighted by Crippen LogP contribution is -2.35. The van der Waals surface area contributed by atoms with E-state index < -0.39 is 0 Å². The van der Waals surface area contributed by atoms with E-state index in [1.54, 1.807) is 0 Å². The van der Waals surface area contributed by atoms with E-state index in [9.17, 15) is 9.90 Å². The maximum Gasteiger partial charge on any atom is 0.334 e. The molecule has 0 spiro atoms. The number of rotatable bonds is 0. The molecule has 6 atom stereocenters. The zero-order valence-electron chi connectivity index (χ0n) is 11.2. The van der Waals surface area contributed by atoms with Gasteiger partial charge in [-0.3, -0.25) is 0 Å². The van der Waals surface area contributed by atoms with E-state index in [4.69, 9.17) is 4.74 Å². The summed E-state index contributed by atoms with van der Waals surface area (Å²) in [5, 5.41) is 10.3. The number of aliphatic hydroxyl groups is 1. The molecule has 0 unspecified atom stereocenters. The normalized spacial score (nSPS) is 51.6. The van der Waals surface area contributed by atoms with Crippen molar-refractivity contribution in [2.45, 2.75) is 51.7 Å². The van der Waals surface area contributed by atoms with E-state index in [1.807, 2.05) is 0 Å². The van der Waals surface area contributed by atoms with E-state index in [0.29, 0.717) is 17.4 Å². The van der Waals surface area contributed by atoms with Gasteiger partial charge in [0.2, 0.25) is 0 Å². The molecule has 3 heteroatoms. The molecule has 0 bridgehead atoms. The highest BCUT2D eigenvalue weighted by molar-refractivity contribution is 5.90. The summed E-state index contributed by atoms with van der Waals surface area (Å²) in [6.07, 6.45) is 3.51. The minimum Gasteiger partial charge on any atom is -0.458 e. The van der Waals surface area contributed by atoms with Gasteiger partial charge in [0.1, 0.15) is 6.10 Å². The second-order valence-electron chi connectivity index (χ2n) is 6.70. The van der Waals surface area contributed by atoms with Crippen LogP contribution in [0.1, 0.15) is 39.5 Å². The predicted molar refractivity (Wildman–Crippen MR) is 67.7 cm³/mol. The van der Waals surface area contributed by atoms with Gasteiger partial charge in [-0.2, -0.15) is 0 Å². The van der Waals surface area contributed by atoms with Gasteiger partial charge < -0.3 is 9.84 Å². The fraction of sp³-hybridized carbons (Fsp3) is 0.800. The van der Waals surface area contributed by atoms with Gasteiger partial charge in [-0.05, 0) is 42.9 Å². The molecule has 18 heavy (non-hydrogen) atoms. The number of aliphatic hydroxyl groups excluding tert-OH is 1. The van der Waals surface area contributed by atoms with Crippen LogP contribution in [0.25, 0.3) is 0 Å². The smallest absolute Gasteiger partial charge is 0.334 e. The summed E-state index contributed by atoms with van der Waals surface area (Å²) in [6.45, 7) is 8.32. The van der Waals surface area contributed by atoms with Crippen molar-refractivity contribution >= 4 is 5.97 Å². The van der Waals surface area contributed by atoms with Gasteiger partial charge in [0, 0.05) is 11.5 Å².